The van der Waals surface area contributed by atoms with Gasteiger partial charge in [0.1, 0.15) is 0 Å². The van der Waals surface area contributed by atoms with Crippen molar-refractivity contribution >= 4 is 23.5 Å². The van der Waals surface area contributed by atoms with Gasteiger partial charge in [0, 0.05) is 41.8 Å². The number of nitrogens with one attached hydrogen (secondary N) is 1. The van der Waals surface area contributed by atoms with Crippen LogP contribution in [0.2, 0.25) is 0 Å². The van der Waals surface area contributed by atoms with E-state index < -0.39 is 0 Å². The molecule has 0 bridgehead atoms. The van der Waals surface area contributed by atoms with Crippen molar-refractivity contribution < 1.29 is 0 Å². The van der Waals surface area contributed by atoms with Gasteiger partial charge in [0.2, 0.25) is 0 Å². The summed E-state index contributed by atoms with van der Waals surface area (Å²) in [6.45, 7) is 3.27. The summed E-state index contributed by atoms with van der Waals surface area (Å²) in [5.41, 5.74) is 1.36. The molecular formula is C13H23N3S2. The molecule has 0 saturated carbocycles. The molecule has 0 amide bonds. The van der Waals surface area contributed by atoms with Gasteiger partial charge in [0.25, 0.3) is 0 Å². The Hall–Kier alpha value is -0.130. The van der Waals surface area contributed by atoms with Crippen molar-refractivity contribution in [3.05, 3.63) is 18.0 Å². The Bertz CT molecular complexity index is 348. The number of hydrogen-bond acceptors (Lipinski definition) is 4. The van der Waals surface area contributed by atoms with Crippen molar-refractivity contribution in [1.29, 1.82) is 0 Å². The average Bonchev–Trinajstić information content (AvgIpc) is 2.81. The van der Waals surface area contributed by atoms with Gasteiger partial charge in [-0.3, -0.25) is 4.68 Å². The fraction of sp³-hybridized carbons (Fsp3) is 0.769. The van der Waals surface area contributed by atoms with E-state index in [-0.39, 0.29) is 0 Å². The van der Waals surface area contributed by atoms with Crippen LogP contribution in [-0.2, 0) is 13.5 Å². The maximum Gasteiger partial charge on any atom is 0.0521 e. The molecule has 102 valence electrons. The van der Waals surface area contributed by atoms with Gasteiger partial charge in [-0.25, -0.2) is 0 Å². The molecule has 1 fully saturated rings. The lowest BCUT2D eigenvalue weighted by atomic mass is 10.1. The van der Waals surface area contributed by atoms with Gasteiger partial charge in [-0.1, -0.05) is 6.92 Å². The standard InChI is InChI=1S/C13H23N3S2/c1-3-14-12(13-10-17-6-7-18-13)5-4-11-8-15-16(2)9-11/h8-9,12-14H,3-7,10H2,1-2H3. The van der Waals surface area contributed by atoms with Crippen LogP contribution in [0, 0.1) is 0 Å². The minimum atomic E-state index is 0.646. The number of aryl methyl sites for hydroxylation is 2. The van der Waals surface area contributed by atoms with Crippen LogP contribution >= 0.6 is 23.5 Å². The number of nitrogens with zero attached hydrogens (tertiary/aromatic N) is 2. The average molecular weight is 285 g/mol. The van der Waals surface area contributed by atoms with Crippen LogP contribution in [0.25, 0.3) is 0 Å². The molecule has 0 aliphatic carbocycles. The first kappa shape index (κ1) is 14.3. The lowest BCUT2D eigenvalue weighted by molar-refractivity contribution is 0.492. The predicted octanol–water partition coefficient (Wildman–Crippen LogP) is 2.18. The molecule has 1 aliphatic rings. The fourth-order valence-corrected chi connectivity index (χ4v) is 5.27. The van der Waals surface area contributed by atoms with Gasteiger partial charge in [-0.15, -0.1) is 0 Å². The highest BCUT2D eigenvalue weighted by Gasteiger charge is 2.23. The third kappa shape index (κ3) is 4.21. The van der Waals surface area contributed by atoms with Crippen LogP contribution in [0.3, 0.4) is 0 Å². The molecule has 3 nitrogen and oxygen atoms in total. The van der Waals surface area contributed by atoms with E-state index in [0.717, 1.165) is 18.2 Å². The van der Waals surface area contributed by atoms with Gasteiger partial charge in [0.15, 0.2) is 0 Å². The molecule has 5 heteroatoms. The Balaban J connectivity index is 1.85. The summed E-state index contributed by atoms with van der Waals surface area (Å²) in [7, 11) is 1.99. The van der Waals surface area contributed by atoms with Crippen LogP contribution in [0.1, 0.15) is 18.9 Å². The number of hydrogen-bond donors (Lipinski definition) is 1. The van der Waals surface area contributed by atoms with Gasteiger partial charge in [0.05, 0.1) is 6.20 Å². The fourth-order valence-electron chi connectivity index (χ4n) is 2.34. The van der Waals surface area contributed by atoms with Gasteiger partial charge in [-0.05, 0) is 24.9 Å². The van der Waals surface area contributed by atoms with Crippen molar-refractivity contribution in [3.63, 3.8) is 0 Å². The third-order valence-corrected chi connectivity index (χ3v) is 6.18. The van der Waals surface area contributed by atoms with Gasteiger partial charge < -0.3 is 5.32 Å². The molecule has 0 spiro atoms. The van der Waals surface area contributed by atoms with Gasteiger partial charge in [-0.2, -0.15) is 28.6 Å². The maximum absolute atomic E-state index is 4.24. The minimum Gasteiger partial charge on any atom is -0.313 e. The monoisotopic (exact) mass is 285 g/mol. The van der Waals surface area contributed by atoms with Crippen LogP contribution in [-0.4, -0.2) is 44.9 Å². The van der Waals surface area contributed by atoms with Gasteiger partial charge >= 0.3 is 0 Å². The SMILES string of the molecule is CCNC(CCc1cnn(C)c1)C1CSCCS1. The van der Waals surface area contributed by atoms with E-state index in [4.69, 9.17) is 0 Å². The first-order valence-corrected chi connectivity index (χ1v) is 8.90. The zero-order valence-corrected chi connectivity index (χ0v) is 12.9. The van der Waals surface area contributed by atoms with Crippen molar-refractivity contribution in [2.75, 3.05) is 23.8 Å². The van der Waals surface area contributed by atoms with Crippen molar-refractivity contribution in [2.24, 2.45) is 7.05 Å². The lowest BCUT2D eigenvalue weighted by Gasteiger charge is -2.30. The largest absolute Gasteiger partial charge is 0.313 e. The summed E-state index contributed by atoms with van der Waals surface area (Å²) < 4.78 is 1.89. The normalized spacial score (nSPS) is 22.0. The first-order chi connectivity index (χ1) is 8.79. The lowest BCUT2D eigenvalue weighted by Crippen LogP contribution is -2.41. The number of aromatic nitrogens is 2. The molecule has 2 atom stereocenters. The Morgan fingerprint density at radius 3 is 3.06 bits per heavy atom. The molecule has 1 saturated heterocycles. The number of rotatable bonds is 6. The van der Waals surface area contributed by atoms with E-state index in [1.807, 2.05) is 17.9 Å². The molecular weight excluding hydrogens is 262 g/mol. The molecule has 1 aromatic rings. The van der Waals surface area contributed by atoms with Crippen LogP contribution in [0.15, 0.2) is 12.4 Å². The molecule has 18 heavy (non-hydrogen) atoms. The van der Waals surface area contributed by atoms with E-state index in [1.54, 1.807) is 0 Å². The molecule has 2 unspecified atom stereocenters. The summed E-state index contributed by atoms with van der Waals surface area (Å²) in [4.78, 5) is 0. The second kappa shape index (κ2) is 7.46. The Labute approximate surface area is 118 Å². The van der Waals surface area contributed by atoms with E-state index in [1.165, 1.54) is 29.2 Å². The highest BCUT2D eigenvalue weighted by atomic mass is 32.2. The number of thioether (sulfide) groups is 2. The summed E-state index contributed by atoms with van der Waals surface area (Å²) in [5.74, 6) is 3.93. The highest BCUT2D eigenvalue weighted by Crippen LogP contribution is 2.28. The van der Waals surface area contributed by atoms with Crippen molar-refractivity contribution in [3.8, 4) is 0 Å². The maximum atomic E-state index is 4.24. The van der Waals surface area contributed by atoms with E-state index in [9.17, 15) is 0 Å². The zero-order chi connectivity index (χ0) is 12.8. The molecule has 0 aromatic carbocycles. The molecule has 2 rings (SSSR count). The van der Waals surface area contributed by atoms with Crippen LogP contribution in [0.5, 0.6) is 0 Å². The topological polar surface area (TPSA) is 29.9 Å². The molecule has 1 N–H and O–H groups in total. The summed E-state index contributed by atoms with van der Waals surface area (Å²) in [6.07, 6.45) is 6.47. The second-order valence-electron chi connectivity index (χ2n) is 4.71. The van der Waals surface area contributed by atoms with E-state index in [2.05, 4.69) is 47.1 Å². The van der Waals surface area contributed by atoms with E-state index >= 15 is 0 Å². The highest BCUT2D eigenvalue weighted by molar-refractivity contribution is 8.06. The first-order valence-electron chi connectivity index (χ1n) is 6.70. The predicted molar refractivity (Wildman–Crippen MR) is 82.6 cm³/mol. The Kier molecular flexibility index (Phi) is 5.92. The minimum absolute atomic E-state index is 0.646. The second-order valence-corrected chi connectivity index (χ2v) is 7.21. The van der Waals surface area contributed by atoms with E-state index in [0.29, 0.717) is 6.04 Å². The van der Waals surface area contributed by atoms with Crippen molar-refractivity contribution in [1.82, 2.24) is 15.1 Å². The smallest absolute Gasteiger partial charge is 0.0521 e. The molecule has 1 aliphatic heterocycles. The van der Waals surface area contributed by atoms with Crippen LogP contribution in [0.4, 0.5) is 0 Å². The van der Waals surface area contributed by atoms with Crippen molar-refractivity contribution in [2.45, 2.75) is 31.1 Å². The molecule has 0 radical (unpaired) electrons. The molecule has 2 heterocycles. The zero-order valence-electron chi connectivity index (χ0n) is 11.3. The Morgan fingerprint density at radius 2 is 2.44 bits per heavy atom. The summed E-state index contributed by atoms with van der Waals surface area (Å²) in [5, 5.41) is 8.69. The van der Waals surface area contributed by atoms with Crippen LogP contribution < -0.4 is 5.32 Å². The quantitative estimate of drug-likeness (QED) is 0.868. The third-order valence-electron chi connectivity index (χ3n) is 3.26. The Morgan fingerprint density at radius 1 is 1.56 bits per heavy atom. The molecule has 1 aromatic heterocycles. The summed E-state index contributed by atoms with van der Waals surface area (Å²) in [6, 6.07) is 0.646. The summed E-state index contributed by atoms with van der Waals surface area (Å²) >= 11 is 4.25.